The number of nitro groups is 1. The third-order valence-corrected chi connectivity index (χ3v) is 4.34. The average molecular weight is 326 g/mol. The van der Waals surface area contributed by atoms with Gasteiger partial charge in [-0.15, -0.1) is 0 Å². The molecule has 0 radical (unpaired) electrons. The lowest BCUT2D eigenvalue weighted by Crippen LogP contribution is -2.51. The van der Waals surface area contributed by atoms with E-state index in [4.69, 9.17) is 11.6 Å². The fourth-order valence-electron chi connectivity index (χ4n) is 2.56. The van der Waals surface area contributed by atoms with Crippen LogP contribution in [-0.2, 0) is 11.2 Å². The van der Waals surface area contributed by atoms with Gasteiger partial charge in [-0.25, -0.2) is 0 Å². The molecule has 0 aliphatic carbocycles. The maximum absolute atomic E-state index is 12.3. The minimum Gasteiger partial charge on any atom is -0.340 e. The molecule has 1 heterocycles. The molecule has 1 fully saturated rings. The van der Waals surface area contributed by atoms with Crippen LogP contribution in [0.15, 0.2) is 18.2 Å². The van der Waals surface area contributed by atoms with Crippen LogP contribution in [0.5, 0.6) is 0 Å². The molecular weight excluding hydrogens is 306 g/mol. The summed E-state index contributed by atoms with van der Waals surface area (Å²) in [5, 5.41) is 11.0. The van der Waals surface area contributed by atoms with Crippen LogP contribution in [-0.4, -0.2) is 52.9 Å². The molecule has 0 unspecified atom stereocenters. The number of hydrogen-bond acceptors (Lipinski definition) is 4. The third-order valence-electron chi connectivity index (χ3n) is 3.99. The highest BCUT2D eigenvalue weighted by molar-refractivity contribution is 6.31. The van der Waals surface area contributed by atoms with Crippen molar-refractivity contribution < 1.29 is 9.72 Å². The Balaban J connectivity index is 1.97. The lowest BCUT2D eigenvalue weighted by Gasteiger charge is -2.37. The Morgan fingerprint density at radius 1 is 1.32 bits per heavy atom. The van der Waals surface area contributed by atoms with Gasteiger partial charge in [-0.2, -0.15) is 0 Å². The van der Waals surface area contributed by atoms with Crippen LogP contribution in [0.2, 0.25) is 5.02 Å². The molecule has 7 heteroatoms. The number of benzene rings is 1. The number of carbonyl (C=O) groups is 1. The lowest BCUT2D eigenvalue weighted by atomic mass is 10.1. The first-order chi connectivity index (χ1) is 10.4. The second kappa shape index (κ2) is 7.07. The van der Waals surface area contributed by atoms with Crippen LogP contribution in [0.4, 0.5) is 5.69 Å². The molecule has 0 bridgehead atoms. The van der Waals surface area contributed by atoms with E-state index in [0.29, 0.717) is 24.7 Å². The third kappa shape index (κ3) is 3.96. The number of nitro benzene ring substituents is 1. The maximum Gasteiger partial charge on any atom is 0.270 e. The van der Waals surface area contributed by atoms with Gasteiger partial charge in [0.05, 0.1) is 16.4 Å². The maximum atomic E-state index is 12.3. The van der Waals surface area contributed by atoms with Crippen molar-refractivity contribution in [1.29, 1.82) is 0 Å². The van der Waals surface area contributed by atoms with Crippen molar-refractivity contribution in [3.05, 3.63) is 38.9 Å². The average Bonchev–Trinajstić information content (AvgIpc) is 2.49. The van der Waals surface area contributed by atoms with Crippen LogP contribution in [0.25, 0.3) is 0 Å². The van der Waals surface area contributed by atoms with Gasteiger partial charge < -0.3 is 4.90 Å². The molecule has 120 valence electrons. The second-order valence-corrected chi connectivity index (χ2v) is 6.13. The summed E-state index contributed by atoms with van der Waals surface area (Å²) in [7, 11) is 0. The number of halogens is 1. The first kappa shape index (κ1) is 16.7. The molecule has 0 N–H and O–H groups in total. The van der Waals surface area contributed by atoms with E-state index < -0.39 is 4.92 Å². The smallest absolute Gasteiger partial charge is 0.270 e. The summed E-state index contributed by atoms with van der Waals surface area (Å²) in [6.45, 7) is 7.46. The SMILES string of the molecule is CC(C)N1CCN(C(=O)Cc2ccc([N+](=O)[O-])cc2Cl)CC1. The molecule has 1 aliphatic rings. The van der Waals surface area contributed by atoms with E-state index in [-0.39, 0.29) is 23.0 Å². The zero-order chi connectivity index (χ0) is 16.3. The summed E-state index contributed by atoms with van der Waals surface area (Å²) in [4.78, 5) is 26.7. The molecule has 1 amide bonds. The van der Waals surface area contributed by atoms with Crippen LogP contribution in [0, 0.1) is 10.1 Å². The Hall–Kier alpha value is -1.66. The van der Waals surface area contributed by atoms with Crippen molar-refractivity contribution >= 4 is 23.2 Å². The Bertz CT molecular complexity index is 569. The van der Waals surface area contributed by atoms with E-state index in [9.17, 15) is 14.9 Å². The van der Waals surface area contributed by atoms with E-state index in [1.54, 1.807) is 6.07 Å². The minimum atomic E-state index is -0.497. The van der Waals surface area contributed by atoms with Gasteiger partial charge in [0.25, 0.3) is 5.69 Å². The number of nitrogens with zero attached hydrogens (tertiary/aromatic N) is 3. The summed E-state index contributed by atoms with van der Waals surface area (Å²) >= 11 is 6.04. The number of non-ortho nitro benzene ring substituents is 1. The summed E-state index contributed by atoms with van der Waals surface area (Å²) < 4.78 is 0. The van der Waals surface area contributed by atoms with E-state index in [1.807, 2.05) is 4.90 Å². The zero-order valence-corrected chi connectivity index (χ0v) is 13.5. The van der Waals surface area contributed by atoms with Gasteiger partial charge >= 0.3 is 0 Å². The Kier molecular flexibility index (Phi) is 5.37. The number of carbonyl (C=O) groups excluding carboxylic acids is 1. The summed E-state index contributed by atoms with van der Waals surface area (Å²) in [6.07, 6.45) is 0.179. The van der Waals surface area contributed by atoms with Gasteiger partial charge in [0.2, 0.25) is 5.91 Å². The topological polar surface area (TPSA) is 66.7 Å². The zero-order valence-electron chi connectivity index (χ0n) is 12.8. The van der Waals surface area contributed by atoms with Gasteiger partial charge in [0, 0.05) is 44.4 Å². The Morgan fingerprint density at radius 3 is 2.45 bits per heavy atom. The van der Waals surface area contributed by atoms with Gasteiger partial charge in [-0.1, -0.05) is 17.7 Å². The number of amides is 1. The highest BCUT2D eigenvalue weighted by Gasteiger charge is 2.23. The predicted molar refractivity (Wildman–Crippen MR) is 85.1 cm³/mol. The molecule has 6 nitrogen and oxygen atoms in total. The van der Waals surface area contributed by atoms with E-state index >= 15 is 0 Å². The number of piperazine rings is 1. The second-order valence-electron chi connectivity index (χ2n) is 5.72. The Labute approximate surface area is 134 Å². The summed E-state index contributed by atoms with van der Waals surface area (Å²) in [5.41, 5.74) is 0.565. The fourth-order valence-corrected chi connectivity index (χ4v) is 2.80. The Morgan fingerprint density at radius 2 is 1.95 bits per heavy atom. The van der Waals surface area contributed by atoms with Gasteiger partial charge in [0.15, 0.2) is 0 Å². The number of rotatable bonds is 4. The van der Waals surface area contributed by atoms with Crippen LogP contribution >= 0.6 is 11.6 Å². The van der Waals surface area contributed by atoms with Gasteiger partial charge in [-0.3, -0.25) is 19.8 Å². The lowest BCUT2D eigenvalue weighted by molar-refractivity contribution is -0.384. The molecular formula is C15H20ClN3O3. The summed E-state index contributed by atoms with van der Waals surface area (Å²) in [6, 6.07) is 4.72. The highest BCUT2D eigenvalue weighted by Crippen LogP contribution is 2.23. The molecule has 22 heavy (non-hydrogen) atoms. The van der Waals surface area contributed by atoms with E-state index in [2.05, 4.69) is 18.7 Å². The standard InChI is InChI=1S/C15H20ClN3O3/c1-11(2)17-5-7-18(8-6-17)15(20)9-12-3-4-13(19(21)22)10-14(12)16/h3-4,10-11H,5-9H2,1-2H3. The molecule has 0 aromatic heterocycles. The van der Waals surface area contributed by atoms with E-state index in [1.165, 1.54) is 12.1 Å². The van der Waals surface area contributed by atoms with Crippen molar-refractivity contribution in [1.82, 2.24) is 9.80 Å². The van der Waals surface area contributed by atoms with Crippen molar-refractivity contribution in [3.8, 4) is 0 Å². The van der Waals surface area contributed by atoms with Crippen molar-refractivity contribution in [2.45, 2.75) is 26.3 Å². The largest absolute Gasteiger partial charge is 0.340 e. The highest BCUT2D eigenvalue weighted by atomic mass is 35.5. The minimum absolute atomic E-state index is 0.0131. The molecule has 1 aliphatic heterocycles. The van der Waals surface area contributed by atoms with Crippen LogP contribution < -0.4 is 0 Å². The molecule has 0 atom stereocenters. The molecule has 0 saturated carbocycles. The molecule has 1 aromatic carbocycles. The van der Waals surface area contributed by atoms with Gasteiger partial charge in [0.1, 0.15) is 0 Å². The van der Waals surface area contributed by atoms with Crippen molar-refractivity contribution in [2.75, 3.05) is 26.2 Å². The quantitative estimate of drug-likeness (QED) is 0.629. The van der Waals surface area contributed by atoms with Crippen molar-refractivity contribution in [2.24, 2.45) is 0 Å². The fraction of sp³-hybridized carbons (Fsp3) is 0.533. The van der Waals surface area contributed by atoms with Crippen molar-refractivity contribution in [3.63, 3.8) is 0 Å². The molecule has 1 saturated heterocycles. The molecule has 1 aromatic rings. The normalized spacial score (nSPS) is 16.1. The first-order valence-corrected chi connectivity index (χ1v) is 7.71. The van der Waals surface area contributed by atoms with Crippen LogP contribution in [0.1, 0.15) is 19.4 Å². The first-order valence-electron chi connectivity index (χ1n) is 7.33. The van der Waals surface area contributed by atoms with E-state index in [0.717, 1.165) is 13.1 Å². The predicted octanol–water partition coefficient (Wildman–Crippen LogP) is 2.34. The van der Waals surface area contributed by atoms with Crippen LogP contribution in [0.3, 0.4) is 0 Å². The molecule has 2 rings (SSSR count). The summed E-state index contributed by atoms with van der Waals surface area (Å²) in [5.74, 6) is 0.0131. The molecule has 0 spiro atoms. The van der Waals surface area contributed by atoms with Gasteiger partial charge in [-0.05, 0) is 19.4 Å². The monoisotopic (exact) mass is 325 g/mol. The number of hydrogen-bond donors (Lipinski definition) is 0.